The van der Waals surface area contributed by atoms with E-state index in [-0.39, 0.29) is 5.78 Å². The minimum Gasteiger partial charge on any atom is -0.292 e. The molecular formula is C8H9BrN2O. The first-order valence-corrected chi connectivity index (χ1v) is 4.27. The summed E-state index contributed by atoms with van der Waals surface area (Å²) in [7, 11) is 1.74. The van der Waals surface area contributed by atoms with Crippen molar-refractivity contribution in [3.8, 4) is 0 Å². The van der Waals surface area contributed by atoms with Crippen molar-refractivity contribution in [2.45, 2.75) is 6.42 Å². The number of hydrogen-bond donors (Lipinski definition) is 0. The van der Waals surface area contributed by atoms with Crippen LogP contribution in [0.5, 0.6) is 0 Å². The van der Waals surface area contributed by atoms with Gasteiger partial charge in [-0.15, -0.1) is 6.58 Å². The standard InChI is InChI=1S/C8H9BrN2O/c1-3-4-7(12)8-6(9)5-10-11(8)2/h3,5H,1,4H2,2H3. The van der Waals surface area contributed by atoms with Crippen molar-refractivity contribution < 1.29 is 4.79 Å². The number of aryl methyl sites for hydroxylation is 1. The first kappa shape index (κ1) is 9.19. The van der Waals surface area contributed by atoms with Crippen LogP contribution in [0.3, 0.4) is 0 Å². The third kappa shape index (κ3) is 1.64. The third-order valence-corrected chi connectivity index (χ3v) is 2.07. The summed E-state index contributed by atoms with van der Waals surface area (Å²) in [5, 5.41) is 3.93. The Kier molecular flexibility index (Phi) is 2.81. The molecule has 0 spiro atoms. The van der Waals surface area contributed by atoms with E-state index in [9.17, 15) is 4.79 Å². The van der Waals surface area contributed by atoms with Crippen LogP contribution >= 0.6 is 15.9 Å². The molecule has 0 radical (unpaired) electrons. The molecule has 3 nitrogen and oxygen atoms in total. The zero-order valence-corrected chi connectivity index (χ0v) is 8.34. The van der Waals surface area contributed by atoms with Crippen LogP contribution in [-0.2, 0) is 7.05 Å². The van der Waals surface area contributed by atoms with Gasteiger partial charge in [0.25, 0.3) is 0 Å². The number of carbonyl (C=O) groups excluding carboxylic acids is 1. The van der Waals surface area contributed by atoms with Crippen molar-refractivity contribution in [1.29, 1.82) is 0 Å². The van der Waals surface area contributed by atoms with E-state index >= 15 is 0 Å². The lowest BCUT2D eigenvalue weighted by Gasteiger charge is -1.98. The molecule has 0 fully saturated rings. The van der Waals surface area contributed by atoms with E-state index in [0.717, 1.165) is 4.47 Å². The van der Waals surface area contributed by atoms with Crippen LogP contribution in [0, 0.1) is 0 Å². The van der Waals surface area contributed by atoms with E-state index < -0.39 is 0 Å². The van der Waals surface area contributed by atoms with Gasteiger partial charge in [0.15, 0.2) is 5.78 Å². The average molecular weight is 229 g/mol. The molecule has 12 heavy (non-hydrogen) atoms. The van der Waals surface area contributed by atoms with Gasteiger partial charge in [-0.2, -0.15) is 5.10 Å². The highest BCUT2D eigenvalue weighted by Gasteiger charge is 2.12. The van der Waals surface area contributed by atoms with Gasteiger partial charge in [0.1, 0.15) is 5.69 Å². The minimum atomic E-state index is 0.0249. The zero-order valence-electron chi connectivity index (χ0n) is 6.75. The molecule has 1 aromatic heterocycles. The molecule has 0 bridgehead atoms. The van der Waals surface area contributed by atoms with Gasteiger partial charge in [-0.05, 0) is 15.9 Å². The fourth-order valence-corrected chi connectivity index (χ4v) is 1.52. The lowest BCUT2D eigenvalue weighted by atomic mass is 10.2. The van der Waals surface area contributed by atoms with Crippen LogP contribution in [0.1, 0.15) is 16.9 Å². The number of nitrogens with zero attached hydrogens (tertiary/aromatic N) is 2. The second-order valence-corrected chi connectivity index (χ2v) is 3.24. The van der Waals surface area contributed by atoms with Gasteiger partial charge < -0.3 is 0 Å². The zero-order chi connectivity index (χ0) is 9.14. The molecule has 0 N–H and O–H groups in total. The van der Waals surface area contributed by atoms with E-state index in [4.69, 9.17) is 0 Å². The normalized spacial score (nSPS) is 9.83. The predicted octanol–water partition coefficient (Wildman–Crippen LogP) is 1.94. The minimum absolute atomic E-state index is 0.0249. The van der Waals surface area contributed by atoms with Crippen molar-refractivity contribution in [2.24, 2.45) is 7.05 Å². The largest absolute Gasteiger partial charge is 0.292 e. The molecule has 4 heteroatoms. The Balaban J connectivity index is 3.00. The smallest absolute Gasteiger partial charge is 0.185 e. The summed E-state index contributed by atoms with van der Waals surface area (Å²) in [5.74, 6) is 0.0249. The summed E-state index contributed by atoms with van der Waals surface area (Å²) in [6, 6.07) is 0. The van der Waals surface area contributed by atoms with E-state index in [1.807, 2.05) is 0 Å². The molecule has 0 aromatic carbocycles. The molecule has 0 aliphatic heterocycles. The van der Waals surface area contributed by atoms with Crippen molar-refractivity contribution in [1.82, 2.24) is 9.78 Å². The molecule has 0 saturated heterocycles. The number of hydrogen-bond acceptors (Lipinski definition) is 2. The summed E-state index contributed by atoms with van der Waals surface area (Å²) in [6.07, 6.45) is 3.54. The van der Waals surface area contributed by atoms with Crippen LogP contribution in [0.25, 0.3) is 0 Å². The number of allylic oxidation sites excluding steroid dienone is 1. The Labute approximate surface area is 79.2 Å². The maximum Gasteiger partial charge on any atom is 0.185 e. The Morgan fingerprint density at radius 3 is 3.00 bits per heavy atom. The number of halogens is 1. The van der Waals surface area contributed by atoms with Gasteiger partial charge in [-0.25, -0.2) is 0 Å². The van der Waals surface area contributed by atoms with Gasteiger partial charge in [0.05, 0.1) is 10.7 Å². The van der Waals surface area contributed by atoms with Crippen molar-refractivity contribution in [3.63, 3.8) is 0 Å². The van der Waals surface area contributed by atoms with Crippen LogP contribution in [0.15, 0.2) is 23.3 Å². The molecule has 0 aliphatic rings. The predicted molar refractivity (Wildman–Crippen MR) is 50.1 cm³/mol. The van der Waals surface area contributed by atoms with E-state index in [0.29, 0.717) is 12.1 Å². The number of ketones is 1. The molecule has 0 unspecified atom stereocenters. The number of aromatic nitrogens is 2. The molecule has 0 amide bonds. The lowest BCUT2D eigenvalue weighted by molar-refractivity contribution is 0.0986. The maximum atomic E-state index is 11.4. The fourth-order valence-electron chi connectivity index (χ4n) is 0.952. The number of rotatable bonds is 3. The van der Waals surface area contributed by atoms with Gasteiger partial charge >= 0.3 is 0 Å². The highest BCUT2D eigenvalue weighted by molar-refractivity contribution is 9.10. The van der Waals surface area contributed by atoms with Crippen LogP contribution < -0.4 is 0 Å². The van der Waals surface area contributed by atoms with Gasteiger partial charge in [-0.3, -0.25) is 9.48 Å². The molecule has 64 valence electrons. The van der Waals surface area contributed by atoms with Crippen LogP contribution in [-0.4, -0.2) is 15.6 Å². The van der Waals surface area contributed by atoms with Crippen molar-refractivity contribution in [3.05, 3.63) is 29.0 Å². The van der Waals surface area contributed by atoms with Crippen LogP contribution in [0.2, 0.25) is 0 Å². The molecule has 1 heterocycles. The lowest BCUT2D eigenvalue weighted by Crippen LogP contribution is -2.06. The Morgan fingerprint density at radius 2 is 2.58 bits per heavy atom. The number of carbonyl (C=O) groups is 1. The van der Waals surface area contributed by atoms with E-state index in [1.54, 1.807) is 24.0 Å². The molecule has 0 aliphatic carbocycles. The Hall–Kier alpha value is -0.900. The highest BCUT2D eigenvalue weighted by Crippen LogP contribution is 2.16. The molecule has 1 aromatic rings. The summed E-state index contributed by atoms with van der Waals surface area (Å²) in [4.78, 5) is 11.4. The Morgan fingerprint density at radius 1 is 1.92 bits per heavy atom. The summed E-state index contributed by atoms with van der Waals surface area (Å²) < 4.78 is 2.28. The van der Waals surface area contributed by atoms with Crippen molar-refractivity contribution in [2.75, 3.05) is 0 Å². The third-order valence-electron chi connectivity index (χ3n) is 1.49. The molecule has 0 saturated carbocycles. The fraction of sp³-hybridized carbons (Fsp3) is 0.250. The SMILES string of the molecule is C=CCC(=O)c1c(Br)cnn1C. The summed E-state index contributed by atoms with van der Waals surface area (Å²) in [6.45, 7) is 3.50. The van der Waals surface area contributed by atoms with Gasteiger partial charge in [-0.1, -0.05) is 6.08 Å². The van der Waals surface area contributed by atoms with Crippen LogP contribution in [0.4, 0.5) is 0 Å². The second-order valence-electron chi connectivity index (χ2n) is 2.38. The number of Topliss-reactive ketones (excluding diaryl/α,β-unsaturated/α-hetero) is 1. The summed E-state index contributed by atoms with van der Waals surface area (Å²) >= 11 is 3.25. The first-order chi connectivity index (χ1) is 5.66. The van der Waals surface area contributed by atoms with Gasteiger partial charge in [0.2, 0.25) is 0 Å². The molecule has 0 atom stereocenters. The van der Waals surface area contributed by atoms with Gasteiger partial charge in [0, 0.05) is 13.5 Å². The quantitative estimate of drug-likeness (QED) is 0.586. The topological polar surface area (TPSA) is 34.9 Å². The van der Waals surface area contributed by atoms with E-state index in [2.05, 4.69) is 27.6 Å². The second kappa shape index (κ2) is 3.67. The average Bonchev–Trinajstić information content (AvgIpc) is 2.32. The monoisotopic (exact) mass is 228 g/mol. The first-order valence-electron chi connectivity index (χ1n) is 3.48. The molecular weight excluding hydrogens is 220 g/mol. The van der Waals surface area contributed by atoms with Crippen molar-refractivity contribution >= 4 is 21.7 Å². The Bertz CT molecular complexity index is 297. The summed E-state index contributed by atoms with van der Waals surface area (Å²) in [5.41, 5.74) is 0.593. The molecule has 1 rings (SSSR count). The maximum absolute atomic E-state index is 11.4. The van der Waals surface area contributed by atoms with E-state index in [1.165, 1.54) is 0 Å². The highest BCUT2D eigenvalue weighted by atomic mass is 79.9.